The van der Waals surface area contributed by atoms with Crippen molar-refractivity contribution in [3.63, 3.8) is 0 Å². The average Bonchev–Trinajstić information content (AvgIpc) is 2.16. The minimum Gasteiger partial charge on any atom is -0.325 e. The largest absolute Gasteiger partial charge is 0.325 e. The molecule has 0 amide bonds. The second-order valence-electron chi connectivity index (χ2n) is 5.25. The summed E-state index contributed by atoms with van der Waals surface area (Å²) >= 11 is 3.45. The molecule has 1 aliphatic carbocycles. The summed E-state index contributed by atoms with van der Waals surface area (Å²) in [7, 11) is 0. The SMILES string of the molecule is CC1CCCC(N)(Cc2cncc(Br)c2)C1. The quantitative estimate of drug-likeness (QED) is 0.904. The summed E-state index contributed by atoms with van der Waals surface area (Å²) in [6, 6.07) is 2.13. The predicted molar refractivity (Wildman–Crippen MR) is 70.2 cm³/mol. The van der Waals surface area contributed by atoms with Gasteiger partial charge in [-0.05, 0) is 52.7 Å². The highest BCUT2D eigenvalue weighted by Gasteiger charge is 2.31. The number of hydrogen-bond acceptors (Lipinski definition) is 2. The Bertz CT molecular complexity index is 367. The summed E-state index contributed by atoms with van der Waals surface area (Å²) in [6.45, 7) is 2.31. The van der Waals surface area contributed by atoms with Gasteiger partial charge in [0.1, 0.15) is 0 Å². The molecule has 88 valence electrons. The fourth-order valence-electron chi connectivity index (χ4n) is 2.82. The zero-order valence-corrected chi connectivity index (χ0v) is 11.3. The second-order valence-corrected chi connectivity index (χ2v) is 6.17. The highest BCUT2D eigenvalue weighted by atomic mass is 79.9. The van der Waals surface area contributed by atoms with E-state index in [1.807, 2.05) is 12.4 Å². The lowest BCUT2D eigenvalue weighted by Crippen LogP contribution is -2.45. The van der Waals surface area contributed by atoms with Gasteiger partial charge in [0, 0.05) is 22.4 Å². The number of rotatable bonds is 2. The number of hydrogen-bond donors (Lipinski definition) is 1. The molecule has 1 saturated carbocycles. The Kier molecular flexibility index (Phi) is 3.65. The number of nitrogens with zero attached hydrogens (tertiary/aromatic N) is 1. The first-order valence-corrected chi connectivity index (χ1v) is 6.75. The molecule has 1 fully saturated rings. The first-order chi connectivity index (χ1) is 7.57. The smallest absolute Gasteiger partial charge is 0.0410 e. The number of aromatic nitrogens is 1. The number of nitrogens with two attached hydrogens (primary N) is 1. The van der Waals surface area contributed by atoms with Gasteiger partial charge in [-0.1, -0.05) is 19.8 Å². The van der Waals surface area contributed by atoms with E-state index in [0.29, 0.717) is 0 Å². The Balaban J connectivity index is 2.08. The van der Waals surface area contributed by atoms with Crippen molar-refractivity contribution >= 4 is 15.9 Å². The van der Waals surface area contributed by atoms with Crippen LogP contribution in [0, 0.1) is 5.92 Å². The molecular weight excluding hydrogens is 264 g/mol. The lowest BCUT2D eigenvalue weighted by molar-refractivity contribution is 0.235. The maximum Gasteiger partial charge on any atom is 0.0410 e. The van der Waals surface area contributed by atoms with Crippen molar-refractivity contribution in [2.45, 2.75) is 44.6 Å². The third-order valence-electron chi connectivity index (χ3n) is 3.44. The second kappa shape index (κ2) is 4.84. The van der Waals surface area contributed by atoms with Crippen molar-refractivity contribution in [1.29, 1.82) is 0 Å². The van der Waals surface area contributed by atoms with Crippen LogP contribution in [-0.2, 0) is 6.42 Å². The standard InChI is InChI=1S/C13H19BrN2/c1-10-3-2-4-13(15,6-10)7-11-5-12(14)9-16-8-11/h5,8-10H,2-4,6-7,15H2,1H3. The van der Waals surface area contributed by atoms with E-state index >= 15 is 0 Å². The van der Waals surface area contributed by atoms with E-state index in [4.69, 9.17) is 5.73 Å². The minimum atomic E-state index is -0.0137. The predicted octanol–water partition coefficient (Wildman–Crippen LogP) is 3.29. The Morgan fingerprint density at radius 1 is 1.56 bits per heavy atom. The van der Waals surface area contributed by atoms with Crippen LogP contribution in [0.15, 0.2) is 22.9 Å². The van der Waals surface area contributed by atoms with E-state index < -0.39 is 0 Å². The van der Waals surface area contributed by atoms with E-state index in [-0.39, 0.29) is 5.54 Å². The van der Waals surface area contributed by atoms with Gasteiger partial charge in [-0.3, -0.25) is 4.98 Å². The maximum absolute atomic E-state index is 6.49. The van der Waals surface area contributed by atoms with E-state index in [0.717, 1.165) is 29.7 Å². The maximum atomic E-state index is 6.49. The lowest BCUT2D eigenvalue weighted by atomic mass is 9.74. The van der Waals surface area contributed by atoms with Gasteiger partial charge < -0.3 is 5.73 Å². The van der Waals surface area contributed by atoms with Gasteiger partial charge in [0.05, 0.1) is 0 Å². The van der Waals surface area contributed by atoms with Gasteiger partial charge in [0.25, 0.3) is 0 Å². The molecule has 0 saturated heterocycles. The van der Waals surface area contributed by atoms with Gasteiger partial charge in [-0.25, -0.2) is 0 Å². The molecule has 1 aliphatic rings. The van der Waals surface area contributed by atoms with Crippen LogP contribution in [0.4, 0.5) is 0 Å². The van der Waals surface area contributed by atoms with Crippen LogP contribution < -0.4 is 5.73 Å². The van der Waals surface area contributed by atoms with Crippen LogP contribution in [0.1, 0.15) is 38.2 Å². The fourth-order valence-corrected chi connectivity index (χ4v) is 3.23. The summed E-state index contributed by atoms with van der Waals surface area (Å²) in [4.78, 5) is 4.20. The molecule has 0 radical (unpaired) electrons. The molecule has 2 rings (SSSR count). The van der Waals surface area contributed by atoms with Crippen LogP contribution in [0.2, 0.25) is 0 Å². The van der Waals surface area contributed by atoms with E-state index in [2.05, 4.69) is 33.9 Å². The van der Waals surface area contributed by atoms with Gasteiger partial charge in [0.2, 0.25) is 0 Å². The van der Waals surface area contributed by atoms with Gasteiger partial charge in [-0.2, -0.15) is 0 Å². The van der Waals surface area contributed by atoms with Gasteiger partial charge in [0.15, 0.2) is 0 Å². The molecule has 3 heteroatoms. The molecule has 2 atom stereocenters. The first kappa shape index (κ1) is 12.1. The Labute approximate surface area is 106 Å². The number of pyridine rings is 1. The van der Waals surface area contributed by atoms with Crippen LogP contribution in [-0.4, -0.2) is 10.5 Å². The summed E-state index contributed by atoms with van der Waals surface area (Å²) in [5, 5.41) is 0. The molecule has 1 aromatic rings. The Morgan fingerprint density at radius 3 is 3.06 bits per heavy atom. The van der Waals surface area contributed by atoms with Crippen molar-refractivity contribution in [2.24, 2.45) is 11.7 Å². The zero-order valence-electron chi connectivity index (χ0n) is 9.75. The van der Waals surface area contributed by atoms with Crippen molar-refractivity contribution in [3.05, 3.63) is 28.5 Å². The van der Waals surface area contributed by atoms with Crippen molar-refractivity contribution in [2.75, 3.05) is 0 Å². The molecule has 0 aliphatic heterocycles. The van der Waals surface area contributed by atoms with Crippen LogP contribution in [0.25, 0.3) is 0 Å². The summed E-state index contributed by atoms with van der Waals surface area (Å²) in [5.74, 6) is 0.763. The highest BCUT2D eigenvalue weighted by molar-refractivity contribution is 9.10. The minimum absolute atomic E-state index is 0.0137. The molecule has 1 aromatic heterocycles. The average molecular weight is 283 g/mol. The molecule has 2 nitrogen and oxygen atoms in total. The summed E-state index contributed by atoms with van der Waals surface area (Å²) in [5.41, 5.74) is 7.72. The number of halogens is 1. The van der Waals surface area contributed by atoms with Crippen LogP contribution in [0.3, 0.4) is 0 Å². The molecule has 0 aromatic carbocycles. The van der Waals surface area contributed by atoms with E-state index in [1.165, 1.54) is 18.4 Å². The molecule has 2 unspecified atom stereocenters. The molecule has 0 spiro atoms. The van der Waals surface area contributed by atoms with E-state index in [9.17, 15) is 0 Å². The van der Waals surface area contributed by atoms with Crippen molar-refractivity contribution < 1.29 is 0 Å². The molecule has 0 bridgehead atoms. The topological polar surface area (TPSA) is 38.9 Å². The van der Waals surface area contributed by atoms with Gasteiger partial charge in [-0.15, -0.1) is 0 Å². The molecular formula is C13H19BrN2. The first-order valence-electron chi connectivity index (χ1n) is 5.96. The third kappa shape index (κ3) is 3.05. The normalized spacial score (nSPS) is 30.3. The monoisotopic (exact) mass is 282 g/mol. The lowest BCUT2D eigenvalue weighted by Gasteiger charge is -2.37. The zero-order chi connectivity index (χ0) is 11.6. The molecule has 2 N–H and O–H groups in total. The molecule has 1 heterocycles. The highest BCUT2D eigenvalue weighted by Crippen LogP contribution is 2.32. The van der Waals surface area contributed by atoms with Crippen LogP contribution in [0.5, 0.6) is 0 Å². The Hall–Kier alpha value is -0.410. The summed E-state index contributed by atoms with van der Waals surface area (Å²) < 4.78 is 1.04. The van der Waals surface area contributed by atoms with Crippen molar-refractivity contribution in [3.8, 4) is 0 Å². The van der Waals surface area contributed by atoms with E-state index in [1.54, 1.807) is 0 Å². The van der Waals surface area contributed by atoms with Gasteiger partial charge >= 0.3 is 0 Å². The fraction of sp³-hybridized carbons (Fsp3) is 0.615. The van der Waals surface area contributed by atoms with Crippen LogP contribution >= 0.6 is 15.9 Å². The summed E-state index contributed by atoms with van der Waals surface area (Å²) in [6.07, 6.45) is 9.57. The Morgan fingerprint density at radius 2 is 2.38 bits per heavy atom. The van der Waals surface area contributed by atoms with Crippen molar-refractivity contribution in [1.82, 2.24) is 4.98 Å². The third-order valence-corrected chi connectivity index (χ3v) is 3.88. The molecule has 16 heavy (non-hydrogen) atoms.